The molecule has 1 aliphatic rings. The first-order valence-electron chi connectivity index (χ1n) is 12.1. The van der Waals surface area contributed by atoms with Crippen molar-refractivity contribution in [2.75, 3.05) is 4.90 Å². The molecule has 1 aliphatic heterocycles. The third kappa shape index (κ3) is 3.47. The maximum absolute atomic E-state index is 9.23. The third-order valence-electron chi connectivity index (χ3n) is 7.18. The Bertz CT molecular complexity index is 1570. The van der Waals surface area contributed by atoms with Crippen molar-refractivity contribution in [2.24, 2.45) is 0 Å². The molecule has 0 saturated heterocycles. The highest BCUT2D eigenvalue weighted by Gasteiger charge is 2.36. The standard InChI is InChI=1S/C33H25N3/c1-33(2)28-10-4-7-13-31(28)36(32-14-8-5-11-29(32)33)30-12-6-3-9-27(30)25-17-15-24(16-18-25)26-19-23(20-34)21-35-22-26/h3-19,21-22H,1-2H3. The number of para-hydroxylation sites is 3. The molecule has 4 aromatic carbocycles. The Morgan fingerprint density at radius 2 is 1.19 bits per heavy atom. The van der Waals surface area contributed by atoms with Crippen LogP contribution in [0.3, 0.4) is 0 Å². The molecule has 3 heteroatoms. The first-order valence-corrected chi connectivity index (χ1v) is 12.1. The maximum atomic E-state index is 9.23. The first kappa shape index (κ1) is 21.8. The fourth-order valence-corrected chi connectivity index (χ4v) is 5.34. The van der Waals surface area contributed by atoms with Crippen molar-refractivity contribution in [2.45, 2.75) is 19.3 Å². The van der Waals surface area contributed by atoms with Gasteiger partial charge in [0.25, 0.3) is 0 Å². The normalized spacial score (nSPS) is 13.4. The van der Waals surface area contributed by atoms with Crippen LogP contribution in [0.1, 0.15) is 30.5 Å². The Morgan fingerprint density at radius 3 is 1.83 bits per heavy atom. The van der Waals surface area contributed by atoms with Crippen molar-refractivity contribution in [3.63, 3.8) is 0 Å². The SMILES string of the molecule is CC1(C)c2ccccc2N(c2ccccc2-c2ccc(-c3cncc(C#N)c3)cc2)c2ccccc21. The summed E-state index contributed by atoms with van der Waals surface area (Å²) in [5, 5.41) is 9.23. The Balaban J connectivity index is 1.49. The van der Waals surface area contributed by atoms with E-state index in [0.717, 1.165) is 27.9 Å². The van der Waals surface area contributed by atoms with Crippen LogP contribution in [0.25, 0.3) is 22.3 Å². The number of hydrogen-bond donors (Lipinski definition) is 0. The minimum absolute atomic E-state index is 0.0910. The predicted octanol–water partition coefficient (Wildman–Crippen LogP) is 8.40. The fourth-order valence-electron chi connectivity index (χ4n) is 5.34. The topological polar surface area (TPSA) is 39.9 Å². The highest BCUT2D eigenvalue weighted by atomic mass is 15.2. The summed E-state index contributed by atoms with van der Waals surface area (Å²) in [4.78, 5) is 6.62. The molecule has 3 nitrogen and oxygen atoms in total. The molecule has 6 rings (SSSR count). The zero-order valence-corrected chi connectivity index (χ0v) is 20.3. The maximum Gasteiger partial charge on any atom is 0.101 e. The van der Waals surface area contributed by atoms with E-state index in [1.165, 1.54) is 22.5 Å². The van der Waals surface area contributed by atoms with E-state index in [4.69, 9.17) is 0 Å². The molecule has 0 atom stereocenters. The van der Waals surface area contributed by atoms with Crippen LogP contribution in [0, 0.1) is 11.3 Å². The van der Waals surface area contributed by atoms with Crippen molar-refractivity contribution in [1.82, 2.24) is 4.98 Å². The number of rotatable bonds is 3. The predicted molar refractivity (Wildman–Crippen MR) is 147 cm³/mol. The zero-order valence-electron chi connectivity index (χ0n) is 20.3. The summed E-state index contributed by atoms with van der Waals surface area (Å²) in [6.07, 6.45) is 3.39. The van der Waals surface area contributed by atoms with Gasteiger partial charge < -0.3 is 4.90 Å². The molecule has 0 N–H and O–H groups in total. The molecule has 0 fully saturated rings. The van der Waals surface area contributed by atoms with E-state index in [2.05, 4.69) is 127 Å². The van der Waals surface area contributed by atoms with E-state index in [1.54, 1.807) is 12.4 Å². The lowest BCUT2D eigenvalue weighted by molar-refractivity contribution is 0.632. The van der Waals surface area contributed by atoms with E-state index >= 15 is 0 Å². The summed E-state index contributed by atoms with van der Waals surface area (Å²) < 4.78 is 0. The van der Waals surface area contributed by atoms with Gasteiger partial charge in [0, 0.05) is 28.9 Å². The van der Waals surface area contributed by atoms with Crippen molar-refractivity contribution < 1.29 is 0 Å². The average molecular weight is 464 g/mol. The van der Waals surface area contributed by atoms with Gasteiger partial charge in [0.2, 0.25) is 0 Å². The number of pyridine rings is 1. The van der Waals surface area contributed by atoms with Crippen LogP contribution in [-0.4, -0.2) is 4.98 Å². The monoisotopic (exact) mass is 463 g/mol. The summed E-state index contributed by atoms with van der Waals surface area (Å²) in [6.45, 7) is 4.62. The number of nitrogens with zero attached hydrogens (tertiary/aromatic N) is 3. The Morgan fingerprint density at radius 1 is 0.639 bits per heavy atom. The minimum atomic E-state index is -0.0910. The van der Waals surface area contributed by atoms with Crippen LogP contribution in [0.2, 0.25) is 0 Å². The molecule has 36 heavy (non-hydrogen) atoms. The highest BCUT2D eigenvalue weighted by molar-refractivity contribution is 5.92. The van der Waals surface area contributed by atoms with E-state index in [0.29, 0.717) is 5.56 Å². The summed E-state index contributed by atoms with van der Waals surface area (Å²) in [5.74, 6) is 0. The van der Waals surface area contributed by atoms with Gasteiger partial charge in [0.05, 0.1) is 22.6 Å². The van der Waals surface area contributed by atoms with Crippen LogP contribution in [-0.2, 0) is 5.41 Å². The summed E-state index contributed by atoms with van der Waals surface area (Å²) in [6, 6.07) is 38.6. The second-order valence-corrected chi connectivity index (χ2v) is 9.66. The van der Waals surface area contributed by atoms with Crippen LogP contribution < -0.4 is 4.90 Å². The van der Waals surface area contributed by atoms with Crippen LogP contribution >= 0.6 is 0 Å². The smallest absolute Gasteiger partial charge is 0.101 e. The summed E-state index contributed by atoms with van der Waals surface area (Å²) >= 11 is 0. The Hall–Kier alpha value is -4.68. The van der Waals surface area contributed by atoms with E-state index < -0.39 is 0 Å². The van der Waals surface area contributed by atoms with Crippen molar-refractivity contribution in [3.8, 4) is 28.3 Å². The Labute approximate surface area is 211 Å². The number of fused-ring (bicyclic) bond motifs is 2. The van der Waals surface area contributed by atoms with Gasteiger partial charge in [-0.15, -0.1) is 0 Å². The Kier molecular flexibility index (Phi) is 5.16. The molecule has 2 heterocycles. The number of anilines is 3. The highest BCUT2D eigenvalue weighted by Crippen LogP contribution is 2.53. The van der Waals surface area contributed by atoms with Crippen molar-refractivity contribution >= 4 is 17.1 Å². The summed E-state index contributed by atoms with van der Waals surface area (Å²) in [7, 11) is 0. The number of aromatic nitrogens is 1. The lowest BCUT2D eigenvalue weighted by Crippen LogP contribution is -2.30. The first-order chi connectivity index (χ1) is 17.6. The second-order valence-electron chi connectivity index (χ2n) is 9.66. The minimum Gasteiger partial charge on any atom is -0.309 e. The molecule has 5 aromatic rings. The zero-order chi connectivity index (χ0) is 24.7. The average Bonchev–Trinajstić information content (AvgIpc) is 2.94. The molecule has 0 unspecified atom stereocenters. The number of nitriles is 1. The largest absolute Gasteiger partial charge is 0.309 e. The van der Waals surface area contributed by atoms with E-state index in [1.807, 2.05) is 6.07 Å². The fraction of sp³-hybridized carbons (Fsp3) is 0.0909. The van der Waals surface area contributed by atoms with Gasteiger partial charge >= 0.3 is 0 Å². The molecule has 0 saturated carbocycles. The molecule has 0 bridgehead atoms. The third-order valence-corrected chi connectivity index (χ3v) is 7.18. The van der Waals surface area contributed by atoms with Crippen LogP contribution in [0.15, 0.2) is 116 Å². The van der Waals surface area contributed by atoms with E-state index in [-0.39, 0.29) is 5.41 Å². The molecular formula is C33H25N3. The van der Waals surface area contributed by atoms with Gasteiger partial charge in [-0.3, -0.25) is 4.98 Å². The molecule has 0 spiro atoms. The van der Waals surface area contributed by atoms with Gasteiger partial charge in [0.1, 0.15) is 6.07 Å². The van der Waals surface area contributed by atoms with Crippen LogP contribution in [0.5, 0.6) is 0 Å². The van der Waals surface area contributed by atoms with E-state index in [9.17, 15) is 5.26 Å². The second kappa shape index (κ2) is 8.52. The molecular weight excluding hydrogens is 438 g/mol. The lowest BCUT2D eigenvalue weighted by atomic mass is 9.73. The molecule has 0 radical (unpaired) electrons. The van der Waals surface area contributed by atoms with Gasteiger partial charge in [0.15, 0.2) is 0 Å². The van der Waals surface area contributed by atoms with Gasteiger partial charge in [-0.05, 0) is 46.5 Å². The number of hydrogen-bond acceptors (Lipinski definition) is 3. The molecule has 0 amide bonds. The van der Waals surface area contributed by atoms with Gasteiger partial charge in [-0.1, -0.05) is 92.7 Å². The quantitative estimate of drug-likeness (QED) is 0.270. The molecule has 1 aromatic heterocycles. The molecule has 172 valence electrons. The lowest BCUT2D eigenvalue weighted by Gasteiger charge is -2.42. The van der Waals surface area contributed by atoms with Gasteiger partial charge in [-0.25, -0.2) is 0 Å². The molecule has 0 aliphatic carbocycles. The summed E-state index contributed by atoms with van der Waals surface area (Å²) in [5.41, 5.74) is 11.0. The van der Waals surface area contributed by atoms with Gasteiger partial charge in [-0.2, -0.15) is 5.26 Å². The van der Waals surface area contributed by atoms with Crippen molar-refractivity contribution in [1.29, 1.82) is 5.26 Å². The van der Waals surface area contributed by atoms with Crippen LogP contribution in [0.4, 0.5) is 17.1 Å². The number of benzene rings is 4. The van der Waals surface area contributed by atoms with Crippen molar-refractivity contribution in [3.05, 3.63) is 132 Å².